The first kappa shape index (κ1) is 17.3. The molecule has 0 bridgehead atoms. The van der Waals surface area contributed by atoms with Gasteiger partial charge in [0.25, 0.3) is 0 Å². The van der Waals surface area contributed by atoms with E-state index in [0.29, 0.717) is 6.04 Å². The molecule has 4 heteroatoms. The highest BCUT2D eigenvalue weighted by Crippen LogP contribution is 2.28. The van der Waals surface area contributed by atoms with Gasteiger partial charge in [-0.2, -0.15) is 0 Å². The molecular weight excluding hydrogens is 361 g/mol. The summed E-state index contributed by atoms with van der Waals surface area (Å²) in [6.07, 6.45) is 1.25. The maximum Gasteiger partial charge on any atom is 0.191 e. The molecule has 0 aliphatic heterocycles. The van der Waals surface area contributed by atoms with Crippen molar-refractivity contribution in [1.82, 2.24) is 10.6 Å². The van der Waals surface area contributed by atoms with E-state index in [4.69, 9.17) is 0 Å². The monoisotopic (exact) mass is 387 g/mol. The van der Waals surface area contributed by atoms with Gasteiger partial charge in [0.2, 0.25) is 0 Å². The molecule has 2 atom stereocenters. The van der Waals surface area contributed by atoms with Gasteiger partial charge in [0.15, 0.2) is 5.96 Å². The lowest BCUT2D eigenvalue weighted by molar-refractivity contribution is 0.508. The summed E-state index contributed by atoms with van der Waals surface area (Å²) < 4.78 is 0. The highest BCUT2D eigenvalue weighted by Gasteiger charge is 2.33. The van der Waals surface area contributed by atoms with Crippen molar-refractivity contribution in [2.75, 3.05) is 13.6 Å². The Kier molecular flexibility index (Phi) is 6.30. The molecule has 2 N–H and O–H groups in total. The predicted molar refractivity (Wildman–Crippen MR) is 96.9 cm³/mol. The van der Waals surface area contributed by atoms with E-state index in [-0.39, 0.29) is 29.4 Å². The molecule has 0 heterocycles. The molecule has 0 spiro atoms. The van der Waals surface area contributed by atoms with Gasteiger partial charge < -0.3 is 10.6 Å². The maximum absolute atomic E-state index is 4.29. The fourth-order valence-electron chi connectivity index (χ4n) is 2.19. The molecule has 2 unspecified atom stereocenters. The summed E-state index contributed by atoms with van der Waals surface area (Å²) in [4.78, 5) is 4.29. The molecule has 1 saturated carbocycles. The van der Waals surface area contributed by atoms with Crippen molar-refractivity contribution in [2.24, 2.45) is 10.9 Å². The van der Waals surface area contributed by atoms with Gasteiger partial charge in [-0.05, 0) is 17.9 Å². The molecule has 20 heavy (non-hydrogen) atoms. The minimum atomic E-state index is 0. The Morgan fingerprint density at radius 3 is 2.40 bits per heavy atom. The van der Waals surface area contributed by atoms with Gasteiger partial charge in [-0.25, -0.2) is 0 Å². The Morgan fingerprint density at radius 2 is 1.90 bits per heavy atom. The third-order valence-corrected chi connectivity index (χ3v) is 3.91. The first-order valence-corrected chi connectivity index (χ1v) is 7.05. The standard InChI is InChI=1S/C16H25N3.HI/c1-12-10-14(12)19-15(17-4)18-11-16(2,3)13-8-6-5-7-9-13;/h5-9,12,14H,10-11H2,1-4H3,(H2,17,18,19);1H. The summed E-state index contributed by atoms with van der Waals surface area (Å²) in [6, 6.07) is 11.2. The minimum absolute atomic E-state index is 0. The third-order valence-electron chi connectivity index (χ3n) is 3.91. The molecule has 1 aliphatic rings. The van der Waals surface area contributed by atoms with Gasteiger partial charge >= 0.3 is 0 Å². The van der Waals surface area contributed by atoms with Crippen molar-refractivity contribution in [1.29, 1.82) is 0 Å². The van der Waals surface area contributed by atoms with Crippen LogP contribution in [-0.4, -0.2) is 25.6 Å². The van der Waals surface area contributed by atoms with E-state index in [1.807, 2.05) is 7.05 Å². The highest BCUT2D eigenvalue weighted by molar-refractivity contribution is 14.0. The van der Waals surface area contributed by atoms with E-state index in [2.05, 4.69) is 66.7 Å². The summed E-state index contributed by atoms with van der Waals surface area (Å²) >= 11 is 0. The normalized spacial score (nSPS) is 21.9. The van der Waals surface area contributed by atoms with Crippen LogP contribution in [0.4, 0.5) is 0 Å². The summed E-state index contributed by atoms with van der Waals surface area (Å²) in [7, 11) is 1.83. The van der Waals surface area contributed by atoms with E-state index in [0.717, 1.165) is 18.4 Å². The summed E-state index contributed by atoms with van der Waals surface area (Å²) in [6.45, 7) is 7.64. The second-order valence-corrected chi connectivity index (χ2v) is 6.14. The number of hydrogen-bond acceptors (Lipinski definition) is 1. The molecule has 1 aliphatic carbocycles. The van der Waals surface area contributed by atoms with Gasteiger partial charge in [-0.15, -0.1) is 24.0 Å². The van der Waals surface area contributed by atoms with Crippen LogP contribution in [0.1, 0.15) is 32.8 Å². The zero-order chi connectivity index (χ0) is 13.9. The summed E-state index contributed by atoms with van der Waals surface area (Å²) in [5.41, 5.74) is 1.44. The van der Waals surface area contributed by atoms with Crippen molar-refractivity contribution < 1.29 is 0 Å². The molecule has 112 valence electrons. The number of aliphatic imine (C=N–C) groups is 1. The largest absolute Gasteiger partial charge is 0.356 e. The Morgan fingerprint density at radius 1 is 1.30 bits per heavy atom. The first-order valence-electron chi connectivity index (χ1n) is 7.05. The van der Waals surface area contributed by atoms with Gasteiger partial charge in [0.05, 0.1) is 0 Å². The van der Waals surface area contributed by atoms with Crippen LogP contribution in [0, 0.1) is 5.92 Å². The number of halogens is 1. The molecule has 1 aromatic carbocycles. The Labute approximate surface area is 139 Å². The molecular formula is C16H26IN3. The number of nitrogens with one attached hydrogen (secondary N) is 2. The number of rotatable bonds is 4. The van der Waals surface area contributed by atoms with Crippen LogP contribution >= 0.6 is 24.0 Å². The number of nitrogens with zero attached hydrogens (tertiary/aromatic N) is 1. The lowest BCUT2D eigenvalue weighted by atomic mass is 9.85. The Balaban J connectivity index is 0.00000200. The van der Waals surface area contributed by atoms with Crippen molar-refractivity contribution in [3.63, 3.8) is 0 Å². The molecule has 0 aromatic heterocycles. The van der Waals surface area contributed by atoms with E-state index in [9.17, 15) is 0 Å². The number of hydrogen-bond donors (Lipinski definition) is 2. The van der Waals surface area contributed by atoms with E-state index < -0.39 is 0 Å². The topological polar surface area (TPSA) is 36.4 Å². The summed E-state index contributed by atoms with van der Waals surface area (Å²) in [5, 5.41) is 6.89. The number of guanidine groups is 1. The molecule has 2 rings (SSSR count). The fraction of sp³-hybridized carbons (Fsp3) is 0.562. The molecule has 1 fully saturated rings. The average molecular weight is 387 g/mol. The van der Waals surface area contributed by atoms with Gasteiger partial charge in [0, 0.05) is 25.0 Å². The van der Waals surface area contributed by atoms with Crippen LogP contribution in [0.15, 0.2) is 35.3 Å². The lowest BCUT2D eigenvalue weighted by Crippen LogP contribution is -2.44. The lowest BCUT2D eigenvalue weighted by Gasteiger charge is -2.26. The van der Waals surface area contributed by atoms with Crippen LogP contribution in [0.25, 0.3) is 0 Å². The van der Waals surface area contributed by atoms with E-state index >= 15 is 0 Å². The van der Waals surface area contributed by atoms with Crippen LogP contribution in [0.3, 0.4) is 0 Å². The van der Waals surface area contributed by atoms with Crippen LogP contribution < -0.4 is 10.6 Å². The van der Waals surface area contributed by atoms with Crippen LogP contribution in [0.5, 0.6) is 0 Å². The molecule has 1 aromatic rings. The molecule has 0 radical (unpaired) electrons. The van der Waals surface area contributed by atoms with Gasteiger partial charge in [-0.1, -0.05) is 51.1 Å². The fourth-order valence-corrected chi connectivity index (χ4v) is 2.19. The third kappa shape index (κ3) is 4.65. The van der Waals surface area contributed by atoms with Crippen molar-refractivity contribution in [3.05, 3.63) is 35.9 Å². The molecule has 0 saturated heterocycles. The van der Waals surface area contributed by atoms with Gasteiger partial charge in [0.1, 0.15) is 0 Å². The average Bonchev–Trinajstić information content (AvgIpc) is 3.11. The van der Waals surface area contributed by atoms with E-state index in [1.54, 1.807) is 0 Å². The van der Waals surface area contributed by atoms with Crippen molar-refractivity contribution >= 4 is 29.9 Å². The number of benzene rings is 1. The SMILES string of the molecule is CN=C(NCC(C)(C)c1ccccc1)NC1CC1C.I. The zero-order valence-corrected chi connectivity index (χ0v) is 15.1. The van der Waals surface area contributed by atoms with Crippen molar-refractivity contribution in [3.8, 4) is 0 Å². The zero-order valence-electron chi connectivity index (χ0n) is 12.8. The van der Waals surface area contributed by atoms with Crippen molar-refractivity contribution in [2.45, 2.75) is 38.6 Å². The van der Waals surface area contributed by atoms with Crippen LogP contribution in [0.2, 0.25) is 0 Å². The maximum atomic E-state index is 4.29. The second-order valence-electron chi connectivity index (χ2n) is 6.14. The van der Waals surface area contributed by atoms with E-state index in [1.165, 1.54) is 12.0 Å². The Bertz CT molecular complexity index is 442. The molecule has 0 amide bonds. The molecule has 3 nitrogen and oxygen atoms in total. The van der Waals surface area contributed by atoms with Crippen LogP contribution in [-0.2, 0) is 5.41 Å². The second kappa shape index (κ2) is 7.29. The smallest absolute Gasteiger partial charge is 0.191 e. The summed E-state index contributed by atoms with van der Waals surface area (Å²) in [5.74, 6) is 1.69. The first-order chi connectivity index (χ1) is 9.03. The Hall–Kier alpha value is -0.780. The quantitative estimate of drug-likeness (QED) is 0.473. The highest BCUT2D eigenvalue weighted by atomic mass is 127. The predicted octanol–water partition coefficient (Wildman–Crippen LogP) is 3.16. The minimum Gasteiger partial charge on any atom is -0.356 e. The van der Waals surface area contributed by atoms with Gasteiger partial charge in [-0.3, -0.25) is 4.99 Å².